The molecule has 3 aliphatic rings. The molecular weight excluding hydrogens is 344 g/mol. The van der Waals surface area contributed by atoms with Gasteiger partial charge in [-0.15, -0.1) is 0 Å². The van der Waals surface area contributed by atoms with E-state index in [1.165, 1.54) is 5.57 Å². The van der Waals surface area contributed by atoms with Crippen molar-refractivity contribution >= 4 is 21.5 Å². The monoisotopic (exact) mass is 376 g/mol. The van der Waals surface area contributed by atoms with E-state index in [1.54, 1.807) is 0 Å². The van der Waals surface area contributed by atoms with Gasteiger partial charge >= 0.3 is 5.97 Å². The molecule has 1 aliphatic heterocycles. The summed E-state index contributed by atoms with van der Waals surface area (Å²) in [6, 6.07) is 0. The number of ketones is 1. The predicted octanol–water partition coefficient (Wildman–Crippen LogP) is 4.11. The Kier molecular flexibility index (Phi) is 5.51. The van der Waals surface area contributed by atoms with Crippen molar-refractivity contribution < 1.29 is 18.8 Å². The minimum Gasteiger partial charge on any atom is -0.462 e. The van der Waals surface area contributed by atoms with E-state index in [0.717, 1.165) is 25.9 Å². The molecule has 4 nitrogen and oxygen atoms in total. The average Bonchev–Trinajstić information content (AvgIpc) is 3.02. The van der Waals surface area contributed by atoms with E-state index in [0.29, 0.717) is 34.3 Å². The van der Waals surface area contributed by atoms with Crippen LogP contribution in [0.15, 0.2) is 11.6 Å². The van der Waals surface area contributed by atoms with Crippen LogP contribution in [0.4, 0.5) is 0 Å². The van der Waals surface area contributed by atoms with Crippen molar-refractivity contribution in [1.82, 2.24) is 0 Å². The number of carbonyl (C=O) groups excluding carboxylic acids is 2. The Labute approximate surface area is 160 Å². The molecule has 0 aromatic carbocycles. The van der Waals surface area contributed by atoms with Gasteiger partial charge in [0, 0.05) is 24.9 Å². The second-order valence-corrected chi connectivity index (χ2v) is 11.6. The summed E-state index contributed by atoms with van der Waals surface area (Å²) in [6.45, 7) is 11.7. The Morgan fingerprint density at radius 2 is 2.08 bits per heavy atom. The molecule has 0 aromatic heterocycles. The first-order valence-corrected chi connectivity index (χ1v) is 10.8. The van der Waals surface area contributed by atoms with Crippen LogP contribution in [-0.4, -0.2) is 34.2 Å². The van der Waals surface area contributed by atoms with E-state index in [1.807, 2.05) is 0 Å². The van der Waals surface area contributed by atoms with Gasteiger partial charge in [0.25, 0.3) is 0 Å². The minimum atomic E-state index is -0.121. The molecule has 5 heteroatoms. The summed E-state index contributed by atoms with van der Waals surface area (Å²) in [6.07, 6.45) is 6.04. The Morgan fingerprint density at radius 1 is 1.35 bits per heavy atom. The molecule has 0 N–H and O–H groups in total. The minimum absolute atomic E-state index is 0.0142. The van der Waals surface area contributed by atoms with Crippen LogP contribution in [0, 0.1) is 23.2 Å². The fourth-order valence-corrected chi connectivity index (χ4v) is 5.98. The van der Waals surface area contributed by atoms with Crippen molar-refractivity contribution in [1.29, 1.82) is 0 Å². The summed E-state index contributed by atoms with van der Waals surface area (Å²) in [5, 5.41) is 0.219. The fourth-order valence-electron chi connectivity index (χ4n) is 5.33. The predicted molar refractivity (Wildman–Crippen MR) is 102 cm³/mol. The number of rotatable bonds is 5. The maximum atomic E-state index is 12.8. The molecule has 26 heavy (non-hydrogen) atoms. The van der Waals surface area contributed by atoms with E-state index < -0.39 is 0 Å². The van der Waals surface area contributed by atoms with Crippen LogP contribution in [0.2, 0.25) is 5.04 Å². The number of hydrogen-bond donors (Lipinski definition) is 0. The van der Waals surface area contributed by atoms with Gasteiger partial charge in [-0.1, -0.05) is 39.3 Å². The topological polar surface area (TPSA) is 52.6 Å². The van der Waals surface area contributed by atoms with Crippen molar-refractivity contribution in [3.8, 4) is 0 Å². The Balaban J connectivity index is 1.64. The number of allylic oxidation sites excluding steroid dienone is 1. The summed E-state index contributed by atoms with van der Waals surface area (Å²) < 4.78 is 11.3. The molecular formula is C21H32O4Si. The molecule has 3 fully saturated rings. The zero-order valence-corrected chi connectivity index (χ0v) is 17.8. The lowest BCUT2D eigenvalue weighted by atomic mass is 9.59. The number of Topliss-reactive ketones (excluding diaryl/α,β-unsaturated/α-hetero) is 1. The van der Waals surface area contributed by atoms with Gasteiger partial charge in [-0.25, -0.2) is 0 Å². The first kappa shape index (κ1) is 19.8. The van der Waals surface area contributed by atoms with Crippen LogP contribution in [0.1, 0.15) is 66.7 Å². The molecule has 1 unspecified atom stereocenters. The Morgan fingerprint density at radius 3 is 2.77 bits per heavy atom. The van der Waals surface area contributed by atoms with Gasteiger partial charge in [0.05, 0.1) is 6.42 Å². The van der Waals surface area contributed by atoms with E-state index in [4.69, 9.17) is 9.16 Å². The number of ether oxygens (including phenoxy) is 1. The molecule has 2 radical (unpaired) electrons. The molecule has 2 aliphatic carbocycles. The number of fused-ring (bicyclic) bond motifs is 3. The maximum absolute atomic E-state index is 12.8. The van der Waals surface area contributed by atoms with E-state index in [-0.39, 0.29) is 34.4 Å². The third kappa shape index (κ3) is 3.84. The Hall–Kier alpha value is -0.943. The molecule has 1 saturated heterocycles. The van der Waals surface area contributed by atoms with Crippen molar-refractivity contribution in [3.05, 3.63) is 11.6 Å². The quantitative estimate of drug-likeness (QED) is 0.313. The zero-order chi connectivity index (χ0) is 19.1. The fraction of sp³-hybridized carbons (Fsp3) is 0.810. The molecule has 1 heterocycles. The first-order chi connectivity index (χ1) is 12.1. The molecule has 5 atom stereocenters. The van der Waals surface area contributed by atoms with Gasteiger partial charge in [-0.05, 0) is 42.6 Å². The van der Waals surface area contributed by atoms with E-state index in [9.17, 15) is 9.59 Å². The lowest BCUT2D eigenvalue weighted by Gasteiger charge is -2.44. The third-order valence-corrected chi connectivity index (χ3v) is 7.39. The van der Waals surface area contributed by atoms with Gasteiger partial charge in [0.15, 0.2) is 0 Å². The largest absolute Gasteiger partial charge is 0.462 e. The number of hydrogen-bond acceptors (Lipinski definition) is 4. The summed E-state index contributed by atoms with van der Waals surface area (Å²) >= 11 is 0. The highest BCUT2D eigenvalue weighted by atomic mass is 28.2. The third-order valence-electron chi connectivity index (χ3n) is 6.43. The second-order valence-electron chi connectivity index (χ2n) is 9.58. The highest BCUT2D eigenvalue weighted by molar-refractivity contribution is 6.31. The summed E-state index contributed by atoms with van der Waals surface area (Å²) in [7, 11) is 0.511. The summed E-state index contributed by atoms with van der Waals surface area (Å²) in [5.41, 5.74) is 1.29. The SMILES string of the molecule is C/C(=C\CCO[Si]C(C)(C)C)C1CC(=O)[C@@H]2[C@H]3CC(=O)O[C@H]3CC[C@]12C. The highest BCUT2D eigenvalue weighted by Gasteiger charge is 2.60. The van der Waals surface area contributed by atoms with Crippen LogP contribution in [0.5, 0.6) is 0 Å². The molecule has 0 spiro atoms. The van der Waals surface area contributed by atoms with Crippen LogP contribution < -0.4 is 0 Å². The standard InChI is InChI=1S/C21H32O4Si/c1-13(7-6-10-24-26-20(2,3)4)15-12-16(22)19-14-11-18(23)25-17(14)8-9-21(15,19)5/h7,14-15,17,19H,6,8-12H2,1-5H3/b13-7+/t14-,15?,17-,19-,21+/m0/s1. The van der Waals surface area contributed by atoms with Crippen LogP contribution >= 0.6 is 0 Å². The highest BCUT2D eigenvalue weighted by Crippen LogP contribution is 2.60. The van der Waals surface area contributed by atoms with Gasteiger partial charge in [0.2, 0.25) is 9.76 Å². The molecule has 0 aromatic rings. The molecule has 0 bridgehead atoms. The normalized spacial score (nSPS) is 37.5. The number of carbonyl (C=O) groups is 2. The summed E-state index contributed by atoms with van der Waals surface area (Å²) in [5.74, 6) is 0.595. The van der Waals surface area contributed by atoms with Gasteiger partial charge < -0.3 is 9.16 Å². The molecule has 2 saturated carbocycles. The lowest BCUT2D eigenvalue weighted by Crippen LogP contribution is -2.44. The Bertz CT molecular complexity index is 606. The first-order valence-electron chi connectivity index (χ1n) is 9.89. The van der Waals surface area contributed by atoms with Crippen molar-refractivity contribution in [2.75, 3.05) is 6.61 Å². The molecule has 0 amide bonds. The maximum Gasteiger partial charge on any atom is 0.306 e. The van der Waals surface area contributed by atoms with Crippen molar-refractivity contribution in [2.24, 2.45) is 23.2 Å². The zero-order valence-electron chi connectivity index (χ0n) is 16.8. The van der Waals surface area contributed by atoms with Crippen LogP contribution in [0.3, 0.4) is 0 Å². The van der Waals surface area contributed by atoms with E-state index >= 15 is 0 Å². The van der Waals surface area contributed by atoms with Crippen molar-refractivity contribution in [2.45, 2.75) is 77.9 Å². The summed E-state index contributed by atoms with van der Waals surface area (Å²) in [4.78, 5) is 24.6. The van der Waals surface area contributed by atoms with Crippen molar-refractivity contribution in [3.63, 3.8) is 0 Å². The van der Waals surface area contributed by atoms with Gasteiger partial charge in [0.1, 0.15) is 11.9 Å². The average molecular weight is 377 g/mol. The van der Waals surface area contributed by atoms with Crippen LogP contribution in [0.25, 0.3) is 0 Å². The molecule has 3 rings (SSSR count). The lowest BCUT2D eigenvalue weighted by molar-refractivity contribution is -0.144. The smallest absolute Gasteiger partial charge is 0.306 e. The second kappa shape index (κ2) is 7.23. The molecule has 144 valence electrons. The van der Waals surface area contributed by atoms with Crippen LogP contribution in [-0.2, 0) is 18.8 Å². The van der Waals surface area contributed by atoms with Gasteiger partial charge in [-0.2, -0.15) is 0 Å². The van der Waals surface area contributed by atoms with E-state index in [2.05, 4.69) is 40.7 Å². The number of esters is 1. The van der Waals surface area contributed by atoms with Gasteiger partial charge in [-0.3, -0.25) is 9.59 Å².